The zero-order valence-corrected chi connectivity index (χ0v) is 24.7. The van der Waals surface area contributed by atoms with E-state index in [1.807, 2.05) is 30.3 Å². The largest absolute Gasteiger partial charge is 0.490 e. The third-order valence-electron chi connectivity index (χ3n) is 6.25. The lowest BCUT2D eigenvalue weighted by Gasteiger charge is -2.20. The molecular formula is C30H32Cl2N4O3S. The smallest absolute Gasteiger partial charge is 0.283 e. The number of fused-ring (bicyclic) bond motifs is 1. The molecule has 1 N–H and O–H groups in total. The van der Waals surface area contributed by atoms with Gasteiger partial charge < -0.3 is 9.47 Å². The molecule has 4 rings (SSSR count). The summed E-state index contributed by atoms with van der Waals surface area (Å²) >= 11 is 14.3. The molecule has 40 heavy (non-hydrogen) atoms. The number of amides is 1. The second-order valence-corrected chi connectivity index (χ2v) is 11.1. The van der Waals surface area contributed by atoms with Gasteiger partial charge >= 0.3 is 0 Å². The van der Waals surface area contributed by atoms with E-state index in [4.69, 9.17) is 38.1 Å². The second-order valence-electron chi connectivity index (χ2n) is 9.29. The number of halogens is 2. The van der Waals surface area contributed by atoms with E-state index in [0.717, 1.165) is 35.6 Å². The summed E-state index contributed by atoms with van der Waals surface area (Å²) in [6.07, 6.45) is 10.7. The number of rotatable bonds is 14. The SMILES string of the molecule is C=CCc1ccccc1OCCOc1c(Cl)cc(/C=C2/C(=N)N3N=C(CCCCCCC)SC3=NC2=O)cc1Cl. The van der Waals surface area contributed by atoms with Crippen molar-refractivity contribution >= 4 is 63.0 Å². The van der Waals surface area contributed by atoms with Gasteiger partial charge in [-0.3, -0.25) is 10.2 Å². The molecule has 0 atom stereocenters. The molecule has 1 amide bonds. The number of carbonyl (C=O) groups is 1. The Labute approximate surface area is 249 Å². The Hall–Kier alpha value is -3.07. The first kappa shape index (κ1) is 29.9. The molecule has 10 heteroatoms. The van der Waals surface area contributed by atoms with E-state index in [2.05, 4.69) is 23.6 Å². The van der Waals surface area contributed by atoms with Gasteiger partial charge in [-0.15, -0.1) is 6.58 Å². The summed E-state index contributed by atoms with van der Waals surface area (Å²) in [6, 6.07) is 11.0. The number of allylic oxidation sites excluding steroid dienone is 1. The van der Waals surface area contributed by atoms with Crippen molar-refractivity contribution in [2.24, 2.45) is 10.1 Å². The van der Waals surface area contributed by atoms with Crippen LogP contribution >= 0.6 is 35.0 Å². The highest BCUT2D eigenvalue weighted by Crippen LogP contribution is 2.36. The number of hydrogen-bond acceptors (Lipinski definition) is 6. The summed E-state index contributed by atoms with van der Waals surface area (Å²) in [6.45, 7) is 6.50. The summed E-state index contributed by atoms with van der Waals surface area (Å²) in [5, 5.41) is 16.4. The van der Waals surface area contributed by atoms with Gasteiger partial charge in [0.1, 0.15) is 24.0 Å². The molecule has 0 aromatic heterocycles. The lowest BCUT2D eigenvalue weighted by Crippen LogP contribution is -2.35. The number of ether oxygens (including phenoxy) is 2. The van der Waals surface area contributed by atoms with Crippen LogP contribution in [0, 0.1) is 5.41 Å². The molecule has 0 bridgehead atoms. The number of thioether (sulfide) groups is 1. The van der Waals surface area contributed by atoms with Gasteiger partial charge in [-0.25, -0.2) is 0 Å². The Bertz CT molecular complexity index is 1350. The van der Waals surface area contributed by atoms with Gasteiger partial charge in [-0.1, -0.05) is 80.1 Å². The van der Waals surface area contributed by atoms with Crippen LogP contribution < -0.4 is 9.47 Å². The average Bonchev–Trinajstić information content (AvgIpc) is 3.34. The average molecular weight is 600 g/mol. The monoisotopic (exact) mass is 598 g/mol. The van der Waals surface area contributed by atoms with Gasteiger partial charge in [0, 0.05) is 0 Å². The van der Waals surface area contributed by atoms with E-state index in [1.165, 1.54) is 36.0 Å². The van der Waals surface area contributed by atoms with Crippen LogP contribution in [0.25, 0.3) is 6.08 Å². The quantitative estimate of drug-likeness (QED) is 0.135. The first-order valence-corrected chi connectivity index (χ1v) is 14.9. The fourth-order valence-corrected chi connectivity index (χ4v) is 5.78. The molecule has 2 aliphatic rings. The van der Waals surface area contributed by atoms with Gasteiger partial charge in [0.15, 0.2) is 11.6 Å². The minimum atomic E-state index is -0.496. The van der Waals surface area contributed by atoms with Gasteiger partial charge in [-0.2, -0.15) is 15.1 Å². The fraction of sp³-hybridized carbons (Fsp3) is 0.333. The molecule has 0 radical (unpaired) electrons. The number of carbonyl (C=O) groups excluding carboxylic acids is 1. The van der Waals surface area contributed by atoms with Crippen molar-refractivity contribution in [1.82, 2.24) is 5.01 Å². The Morgan fingerprint density at radius 1 is 1.07 bits per heavy atom. The minimum Gasteiger partial charge on any atom is -0.490 e. The topological polar surface area (TPSA) is 87.3 Å². The zero-order valence-electron chi connectivity index (χ0n) is 22.4. The Morgan fingerprint density at radius 3 is 2.55 bits per heavy atom. The van der Waals surface area contributed by atoms with E-state index in [0.29, 0.717) is 29.5 Å². The molecule has 0 spiro atoms. The molecule has 2 heterocycles. The van der Waals surface area contributed by atoms with Crippen molar-refractivity contribution in [3.63, 3.8) is 0 Å². The van der Waals surface area contributed by atoms with E-state index in [-0.39, 0.29) is 28.1 Å². The van der Waals surface area contributed by atoms with Crippen LogP contribution in [0.4, 0.5) is 0 Å². The van der Waals surface area contributed by atoms with Crippen molar-refractivity contribution < 1.29 is 14.3 Å². The van der Waals surface area contributed by atoms with Crippen LogP contribution in [-0.2, 0) is 11.2 Å². The van der Waals surface area contributed by atoms with Crippen LogP contribution in [0.3, 0.4) is 0 Å². The maximum Gasteiger partial charge on any atom is 0.283 e. The first-order valence-electron chi connectivity index (χ1n) is 13.3. The number of hydrazone groups is 1. The highest BCUT2D eigenvalue weighted by Gasteiger charge is 2.35. The maximum atomic E-state index is 12.8. The van der Waals surface area contributed by atoms with Gasteiger partial charge in [0.05, 0.1) is 15.6 Å². The van der Waals surface area contributed by atoms with Crippen LogP contribution in [0.5, 0.6) is 11.5 Å². The van der Waals surface area contributed by atoms with Crippen molar-refractivity contribution in [2.75, 3.05) is 13.2 Å². The number of nitrogens with one attached hydrogen (secondary N) is 1. The number of nitrogens with zero attached hydrogens (tertiary/aromatic N) is 3. The van der Waals surface area contributed by atoms with E-state index >= 15 is 0 Å². The predicted molar refractivity (Wildman–Crippen MR) is 166 cm³/mol. The van der Waals surface area contributed by atoms with Crippen molar-refractivity contribution in [3.8, 4) is 11.5 Å². The van der Waals surface area contributed by atoms with Crippen LogP contribution in [0.1, 0.15) is 56.6 Å². The molecule has 0 fully saturated rings. The standard InChI is InChI=1S/C30H32Cl2N4O3S/c1-3-5-6-7-8-14-26-35-36-28(33)22(29(37)34-30(36)40-26)17-20-18-23(31)27(24(32)19-20)39-16-15-38-25-13-10-9-12-21(25)11-4-2/h4,9-10,12-13,17-19,33H,2-3,5-8,11,14-16H2,1H3/b22-17-,33-28?. The van der Waals surface area contributed by atoms with Gasteiger partial charge in [0.25, 0.3) is 5.91 Å². The van der Waals surface area contributed by atoms with E-state index < -0.39 is 5.91 Å². The highest BCUT2D eigenvalue weighted by atomic mass is 35.5. The number of unbranched alkanes of at least 4 members (excludes halogenated alkanes) is 4. The molecule has 0 saturated carbocycles. The van der Waals surface area contributed by atoms with E-state index in [1.54, 1.807) is 18.2 Å². The lowest BCUT2D eigenvalue weighted by atomic mass is 10.1. The second kappa shape index (κ2) is 14.5. The van der Waals surface area contributed by atoms with Crippen molar-refractivity contribution in [3.05, 3.63) is 75.8 Å². The summed E-state index contributed by atoms with van der Waals surface area (Å²) in [5.41, 5.74) is 1.71. The van der Waals surface area contributed by atoms with Gasteiger partial charge in [0.2, 0.25) is 5.17 Å². The molecule has 210 valence electrons. The minimum absolute atomic E-state index is 0.0232. The Morgan fingerprint density at radius 2 is 1.80 bits per heavy atom. The summed E-state index contributed by atoms with van der Waals surface area (Å²) < 4.78 is 11.7. The predicted octanol–water partition coefficient (Wildman–Crippen LogP) is 8.16. The zero-order chi connectivity index (χ0) is 28.5. The molecule has 0 unspecified atom stereocenters. The lowest BCUT2D eigenvalue weighted by molar-refractivity contribution is -0.114. The molecule has 2 aromatic rings. The van der Waals surface area contributed by atoms with Crippen molar-refractivity contribution in [1.29, 1.82) is 5.41 Å². The number of benzene rings is 2. The highest BCUT2D eigenvalue weighted by molar-refractivity contribution is 8.26. The number of amidine groups is 2. The summed E-state index contributed by atoms with van der Waals surface area (Å²) in [7, 11) is 0. The third kappa shape index (κ3) is 7.56. The molecule has 2 aliphatic heterocycles. The summed E-state index contributed by atoms with van der Waals surface area (Å²) in [4.78, 5) is 17.0. The molecule has 0 saturated heterocycles. The van der Waals surface area contributed by atoms with Crippen LogP contribution in [0.15, 0.2) is 64.7 Å². The van der Waals surface area contributed by atoms with Crippen LogP contribution in [0.2, 0.25) is 10.0 Å². The van der Waals surface area contributed by atoms with E-state index in [9.17, 15) is 4.79 Å². The molecule has 2 aromatic carbocycles. The van der Waals surface area contributed by atoms with Crippen molar-refractivity contribution in [2.45, 2.75) is 51.9 Å². The molecule has 0 aliphatic carbocycles. The number of para-hydroxylation sites is 1. The normalized spacial score (nSPS) is 15.7. The fourth-order valence-electron chi connectivity index (χ4n) is 4.24. The summed E-state index contributed by atoms with van der Waals surface area (Å²) in [5.74, 6) is 0.577. The molecule has 7 nitrogen and oxygen atoms in total. The third-order valence-corrected chi connectivity index (χ3v) is 7.78. The Kier molecular flexibility index (Phi) is 10.9. The first-order chi connectivity index (χ1) is 19.4. The van der Waals surface area contributed by atoms with Crippen LogP contribution in [-0.4, -0.2) is 40.2 Å². The van der Waals surface area contributed by atoms with Gasteiger partial charge in [-0.05, 0) is 66.4 Å². The number of aliphatic imine (C=N–C) groups is 1. The molecular weight excluding hydrogens is 567 g/mol. The number of hydrogen-bond donors (Lipinski definition) is 1. The Balaban J connectivity index is 1.38. The maximum absolute atomic E-state index is 12.8.